The molecule has 1 N–H and O–H groups in total. The topological polar surface area (TPSA) is 59.4 Å². The predicted octanol–water partition coefficient (Wildman–Crippen LogP) is 3.22. The second kappa shape index (κ2) is 6.38. The van der Waals surface area contributed by atoms with Crippen molar-refractivity contribution in [2.24, 2.45) is 0 Å². The average Bonchev–Trinajstić information content (AvgIpc) is 2.45. The number of pyridine rings is 1. The van der Waals surface area contributed by atoms with Gasteiger partial charge in [-0.25, -0.2) is 14.2 Å². The van der Waals surface area contributed by atoms with E-state index in [1.807, 2.05) is 0 Å². The van der Waals surface area contributed by atoms with Crippen molar-refractivity contribution in [3.05, 3.63) is 53.5 Å². The minimum atomic E-state index is -1.03. The van der Waals surface area contributed by atoms with E-state index in [0.29, 0.717) is 10.8 Å². The summed E-state index contributed by atoms with van der Waals surface area (Å²) in [7, 11) is 1.40. The van der Waals surface area contributed by atoms with Crippen LogP contribution in [0.3, 0.4) is 0 Å². The molecule has 1 heterocycles. The second-order valence-electron chi connectivity index (χ2n) is 3.92. The molecule has 0 atom stereocenters. The van der Waals surface area contributed by atoms with Gasteiger partial charge in [-0.3, -0.25) is 0 Å². The molecule has 0 fully saturated rings. The number of rotatable bonds is 5. The molecule has 1 aromatic carbocycles. The lowest BCUT2D eigenvalue weighted by molar-refractivity contribution is 0.0692. The highest BCUT2D eigenvalue weighted by Crippen LogP contribution is 2.26. The van der Waals surface area contributed by atoms with Crippen molar-refractivity contribution in [1.82, 2.24) is 4.98 Å². The molecule has 6 heteroatoms. The number of halogens is 1. The Bertz CT molecular complexity index is 634. The van der Waals surface area contributed by atoms with E-state index < -0.39 is 11.8 Å². The fourth-order valence-electron chi connectivity index (χ4n) is 1.62. The molecule has 0 aliphatic rings. The highest BCUT2D eigenvalue weighted by Gasteiger charge is 2.11. The van der Waals surface area contributed by atoms with Crippen LogP contribution in [0.4, 0.5) is 4.39 Å². The maximum atomic E-state index is 13.5. The summed E-state index contributed by atoms with van der Waals surface area (Å²) in [4.78, 5) is 15.1. The summed E-state index contributed by atoms with van der Waals surface area (Å²) in [5.74, 6) is -0.854. The molecular weight excluding hydrogens is 281 g/mol. The number of thioether (sulfide) groups is 1. The predicted molar refractivity (Wildman–Crippen MR) is 73.7 cm³/mol. The Kier molecular flexibility index (Phi) is 4.57. The van der Waals surface area contributed by atoms with Gasteiger partial charge in [-0.05, 0) is 29.8 Å². The maximum absolute atomic E-state index is 13.5. The van der Waals surface area contributed by atoms with E-state index in [9.17, 15) is 9.18 Å². The van der Waals surface area contributed by atoms with E-state index in [4.69, 9.17) is 9.84 Å². The van der Waals surface area contributed by atoms with Gasteiger partial charge in [0.05, 0.1) is 12.7 Å². The smallest absolute Gasteiger partial charge is 0.338 e. The van der Waals surface area contributed by atoms with Gasteiger partial charge < -0.3 is 9.84 Å². The summed E-state index contributed by atoms with van der Waals surface area (Å²) in [6.45, 7) is 0. The number of benzene rings is 1. The van der Waals surface area contributed by atoms with Crippen molar-refractivity contribution in [2.45, 2.75) is 10.8 Å². The Morgan fingerprint density at radius 1 is 1.45 bits per heavy atom. The van der Waals surface area contributed by atoms with Crippen molar-refractivity contribution in [1.29, 1.82) is 0 Å². The molecule has 2 aromatic rings. The first-order chi connectivity index (χ1) is 9.61. The van der Waals surface area contributed by atoms with Crippen LogP contribution in [0.15, 0.2) is 41.6 Å². The highest BCUT2D eigenvalue weighted by molar-refractivity contribution is 7.98. The van der Waals surface area contributed by atoms with Crippen LogP contribution in [0, 0.1) is 5.82 Å². The van der Waals surface area contributed by atoms with Gasteiger partial charge in [0.2, 0.25) is 0 Å². The molecule has 20 heavy (non-hydrogen) atoms. The highest BCUT2D eigenvalue weighted by atomic mass is 32.2. The Morgan fingerprint density at radius 2 is 2.25 bits per heavy atom. The lowest BCUT2D eigenvalue weighted by atomic mass is 10.2. The Balaban J connectivity index is 2.13. The number of methoxy groups -OCH3 is 1. The number of aromatic nitrogens is 1. The Hall–Kier alpha value is -2.08. The molecule has 4 nitrogen and oxygen atoms in total. The first-order valence-electron chi connectivity index (χ1n) is 5.75. The maximum Gasteiger partial charge on any atom is 0.338 e. The van der Waals surface area contributed by atoms with Crippen molar-refractivity contribution in [3.8, 4) is 5.75 Å². The molecule has 0 unspecified atom stereocenters. The molecule has 2 rings (SSSR count). The van der Waals surface area contributed by atoms with Gasteiger partial charge in [-0.15, -0.1) is 11.8 Å². The number of ether oxygens (including phenoxy) is 1. The normalized spacial score (nSPS) is 10.3. The van der Waals surface area contributed by atoms with Crippen LogP contribution in [0.1, 0.15) is 15.9 Å². The lowest BCUT2D eigenvalue weighted by Crippen LogP contribution is -2.00. The monoisotopic (exact) mass is 293 g/mol. The van der Waals surface area contributed by atoms with Gasteiger partial charge >= 0.3 is 5.97 Å². The van der Waals surface area contributed by atoms with Crippen molar-refractivity contribution >= 4 is 17.7 Å². The van der Waals surface area contributed by atoms with E-state index in [1.165, 1.54) is 37.2 Å². The molecule has 0 saturated heterocycles. The fourth-order valence-corrected chi connectivity index (χ4v) is 2.55. The third kappa shape index (κ3) is 3.27. The molecule has 0 bridgehead atoms. The van der Waals surface area contributed by atoms with Gasteiger partial charge in [0.15, 0.2) is 11.6 Å². The number of aromatic carboxylic acids is 1. The van der Waals surface area contributed by atoms with Gasteiger partial charge in [-0.2, -0.15) is 0 Å². The fraction of sp³-hybridized carbons (Fsp3) is 0.143. The zero-order chi connectivity index (χ0) is 14.5. The van der Waals surface area contributed by atoms with E-state index in [2.05, 4.69) is 4.98 Å². The molecule has 0 aliphatic carbocycles. The second-order valence-corrected chi connectivity index (χ2v) is 4.88. The summed E-state index contributed by atoms with van der Waals surface area (Å²) < 4.78 is 18.4. The zero-order valence-electron chi connectivity index (χ0n) is 10.7. The van der Waals surface area contributed by atoms with Crippen LogP contribution in [0.25, 0.3) is 0 Å². The minimum Gasteiger partial charge on any atom is -0.494 e. The SMILES string of the molecule is COc1ccc(CSc2ncccc2C(=O)O)cc1F. The average molecular weight is 293 g/mol. The summed E-state index contributed by atoms with van der Waals surface area (Å²) in [6.07, 6.45) is 1.53. The molecule has 0 amide bonds. The van der Waals surface area contributed by atoms with E-state index in [-0.39, 0.29) is 11.3 Å². The molecule has 0 radical (unpaired) electrons. The van der Waals surface area contributed by atoms with Crippen LogP contribution in [-0.2, 0) is 5.75 Å². The van der Waals surface area contributed by atoms with Gasteiger partial charge in [0.1, 0.15) is 5.03 Å². The first kappa shape index (κ1) is 14.3. The molecule has 0 aliphatic heterocycles. The third-order valence-corrected chi connectivity index (χ3v) is 3.67. The standard InChI is InChI=1S/C14H12FNO3S/c1-19-12-5-4-9(7-11(12)15)8-20-13-10(14(17)18)3-2-6-16-13/h2-7H,8H2,1H3,(H,17,18). The van der Waals surface area contributed by atoms with Crippen LogP contribution in [0.2, 0.25) is 0 Å². The van der Waals surface area contributed by atoms with Crippen LogP contribution in [-0.4, -0.2) is 23.2 Å². The van der Waals surface area contributed by atoms with Crippen LogP contribution < -0.4 is 4.74 Å². The number of hydrogen-bond donors (Lipinski definition) is 1. The first-order valence-corrected chi connectivity index (χ1v) is 6.74. The van der Waals surface area contributed by atoms with E-state index in [0.717, 1.165) is 5.56 Å². The van der Waals surface area contributed by atoms with Crippen molar-refractivity contribution in [3.63, 3.8) is 0 Å². The van der Waals surface area contributed by atoms with Gasteiger partial charge in [0.25, 0.3) is 0 Å². The largest absolute Gasteiger partial charge is 0.494 e. The summed E-state index contributed by atoms with van der Waals surface area (Å²) >= 11 is 1.25. The number of nitrogens with zero attached hydrogens (tertiary/aromatic N) is 1. The summed E-state index contributed by atoms with van der Waals surface area (Å²) in [5.41, 5.74) is 0.877. The quantitative estimate of drug-likeness (QED) is 0.858. The molecule has 0 saturated carbocycles. The van der Waals surface area contributed by atoms with Gasteiger partial charge in [-0.1, -0.05) is 6.07 Å². The van der Waals surface area contributed by atoms with E-state index >= 15 is 0 Å². The minimum absolute atomic E-state index is 0.145. The van der Waals surface area contributed by atoms with Gasteiger partial charge in [0, 0.05) is 11.9 Å². The van der Waals surface area contributed by atoms with Crippen LogP contribution in [0.5, 0.6) is 5.75 Å². The lowest BCUT2D eigenvalue weighted by Gasteiger charge is -2.06. The number of carboxylic acids is 1. The molecule has 104 valence electrons. The number of carbonyl (C=O) groups is 1. The van der Waals surface area contributed by atoms with Crippen molar-refractivity contribution in [2.75, 3.05) is 7.11 Å². The Labute approximate surface area is 119 Å². The van der Waals surface area contributed by atoms with E-state index in [1.54, 1.807) is 18.2 Å². The van der Waals surface area contributed by atoms with Crippen molar-refractivity contribution < 1.29 is 19.0 Å². The summed E-state index contributed by atoms with van der Waals surface area (Å²) in [6, 6.07) is 7.71. The number of carboxylic acid groups (broad SMARTS) is 1. The Morgan fingerprint density at radius 3 is 2.90 bits per heavy atom. The third-order valence-electron chi connectivity index (χ3n) is 2.59. The molecular formula is C14H12FNO3S. The molecule has 1 aromatic heterocycles. The molecule has 0 spiro atoms. The number of hydrogen-bond acceptors (Lipinski definition) is 4. The zero-order valence-corrected chi connectivity index (χ0v) is 11.5. The van der Waals surface area contributed by atoms with Crippen LogP contribution >= 0.6 is 11.8 Å². The summed E-state index contributed by atoms with van der Waals surface area (Å²) in [5, 5.41) is 9.46.